The first-order valence-corrected chi connectivity index (χ1v) is 32.1. The summed E-state index contributed by atoms with van der Waals surface area (Å²) in [5.41, 5.74) is 22.9. The number of furan rings is 1. The average Bonchev–Trinajstić information content (AvgIpc) is 2.34. The van der Waals surface area contributed by atoms with E-state index >= 15 is 0 Å². The summed E-state index contributed by atoms with van der Waals surface area (Å²) in [6.07, 6.45) is 1.10. The van der Waals surface area contributed by atoms with Gasteiger partial charge in [0.15, 0.2) is 0 Å². The molecule has 448 valence electrons. The number of hydrogen-bond donors (Lipinski definition) is 0. The second kappa shape index (κ2) is 37.6. The third kappa shape index (κ3) is 16.6. The fraction of sp³-hybridized carbons (Fsp3) is 0.333. The van der Waals surface area contributed by atoms with Gasteiger partial charge in [-0.25, -0.2) is 0 Å². The zero-order chi connectivity index (χ0) is 63.0. The van der Waals surface area contributed by atoms with Crippen LogP contribution in [0, 0.1) is 0 Å². The summed E-state index contributed by atoms with van der Waals surface area (Å²) in [7, 11) is 4.23. The summed E-state index contributed by atoms with van der Waals surface area (Å²) in [6, 6.07) is 75.3. The topological polar surface area (TPSA) is 19.6 Å². The van der Waals surface area contributed by atoms with E-state index < -0.39 is 0 Å². The molecule has 0 fully saturated rings. The number of anilines is 3. The molecule has 84 heavy (non-hydrogen) atoms. The number of hydrogen-bond acceptors (Lipinski definition) is 3. The SMILES string of the molecule is CC.CC.CC.CC.CC.CC.CC.CC.CC1(C)c2ccccc2-c2ccccc21.CC1(C)c2ccccc2-c2ccccc21.CCN(C)c1cccc(N(C)c2cccc3oc4ccccc4c23)c1.c1ccc2c(c1)Cc1ccccc1-2. The normalized spacial score (nSPS) is 11.5. The lowest BCUT2D eigenvalue weighted by molar-refractivity contribution is 0.660. The van der Waals surface area contributed by atoms with E-state index in [1.54, 1.807) is 0 Å². The van der Waals surface area contributed by atoms with Crippen molar-refractivity contribution < 1.29 is 4.42 Å². The maximum absolute atomic E-state index is 6.02. The number of rotatable bonds is 4. The van der Waals surface area contributed by atoms with Crippen molar-refractivity contribution in [1.29, 1.82) is 0 Å². The second-order valence-corrected chi connectivity index (χ2v) is 19.3. The molecule has 1 aromatic heterocycles. The minimum atomic E-state index is 0.160. The van der Waals surface area contributed by atoms with Gasteiger partial charge >= 0.3 is 0 Å². The highest BCUT2D eigenvalue weighted by molar-refractivity contribution is 6.12. The largest absolute Gasteiger partial charge is 0.456 e. The Morgan fingerprint density at radius 1 is 0.345 bits per heavy atom. The highest BCUT2D eigenvalue weighted by atomic mass is 16.3. The van der Waals surface area contributed by atoms with Crippen molar-refractivity contribution in [3.05, 3.63) is 246 Å². The van der Waals surface area contributed by atoms with Crippen molar-refractivity contribution in [3.63, 3.8) is 0 Å². The maximum atomic E-state index is 6.02. The Bertz CT molecular complexity index is 3190. The first-order valence-electron chi connectivity index (χ1n) is 32.1. The number of nitrogens with zero attached hydrogens (tertiary/aromatic N) is 2. The lowest BCUT2D eigenvalue weighted by Gasteiger charge is -2.23. The lowest BCUT2D eigenvalue weighted by Crippen LogP contribution is -2.16. The molecule has 0 radical (unpaired) electrons. The fourth-order valence-corrected chi connectivity index (χ4v) is 10.7. The van der Waals surface area contributed by atoms with E-state index in [1.807, 2.05) is 129 Å². The number of fused-ring (bicyclic) bond motifs is 12. The quantitative estimate of drug-likeness (QED) is 0.175. The van der Waals surface area contributed by atoms with E-state index in [2.05, 4.69) is 253 Å². The minimum absolute atomic E-state index is 0.160. The summed E-state index contributed by atoms with van der Waals surface area (Å²) in [5, 5.41) is 2.32. The Kier molecular flexibility index (Phi) is 32.4. The van der Waals surface area contributed by atoms with Crippen LogP contribution >= 0.6 is 0 Å². The molecule has 3 aliphatic carbocycles. The van der Waals surface area contributed by atoms with Gasteiger partial charge in [-0.1, -0.05) is 314 Å². The molecule has 0 amide bonds. The molecule has 0 N–H and O–H groups in total. The van der Waals surface area contributed by atoms with Crippen molar-refractivity contribution in [2.24, 2.45) is 0 Å². The molecule has 3 heteroatoms. The van der Waals surface area contributed by atoms with E-state index in [0.29, 0.717) is 0 Å². The molecule has 9 aromatic carbocycles. The van der Waals surface area contributed by atoms with E-state index in [-0.39, 0.29) is 10.8 Å². The molecule has 3 aliphatic rings. The number of benzene rings is 9. The van der Waals surface area contributed by atoms with Crippen molar-refractivity contribution in [3.8, 4) is 33.4 Å². The molecule has 10 aromatic rings. The van der Waals surface area contributed by atoms with Gasteiger partial charge in [0, 0.05) is 48.2 Å². The minimum Gasteiger partial charge on any atom is -0.456 e. The smallest absolute Gasteiger partial charge is 0.137 e. The Balaban J connectivity index is 0.000000362. The molecule has 0 saturated carbocycles. The highest BCUT2D eigenvalue weighted by Gasteiger charge is 2.35. The molecule has 0 aliphatic heterocycles. The second-order valence-electron chi connectivity index (χ2n) is 19.3. The summed E-state index contributed by atoms with van der Waals surface area (Å²) < 4.78 is 6.02. The van der Waals surface area contributed by atoms with Crippen molar-refractivity contribution in [2.75, 3.05) is 30.4 Å². The van der Waals surface area contributed by atoms with Crippen molar-refractivity contribution in [1.82, 2.24) is 0 Å². The van der Waals surface area contributed by atoms with E-state index in [0.717, 1.165) is 46.3 Å². The van der Waals surface area contributed by atoms with Gasteiger partial charge < -0.3 is 14.2 Å². The van der Waals surface area contributed by atoms with E-state index in [9.17, 15) is 0 Å². The van der Waals surface area contributed by atoms with Gasteiger partial charge in [-0.15, -0.1) is 0 Å². The number of para-hydroxylation sites is 1. The molecule has 13 rings (SSSR count). The molecule has 0 atom stereocenters. The van der Waals surface area contributed by atoms with Crippen molar-refractivity contribution in [2.45, 2.75) is 163 Å². The molecule has 1 heterocycles. The third-order valence-corrected chi connectivity index (χ3v) is 14.6. The third-order valence-electron chi connectivity index (χ3n) is 14.6. The first kappa shape index (κ1) is 72.5. The van der Waals surface area contributed by atoms with Crippen LogP contribution < -0.4 is 9.80 Å². The lowest BCUT2D eigenvalue weighted by atomic mass is 9.82. The van der Waals surface area contributed by atoms with Gasteiger partial charge in [-0.3, -0.25) is 0 Å². The van der Waals surface area contributed by atoms with Crippen LogP contribution in [0.3, 0.4) is 0 Å². The van der Waals surface area contributed by atoms with Crippen LogP contribution in [-0.2, 0) is 17.3 Å². The van der Waals surface area contributed by atoms with Gasteiger partial charge in [0.1, 0.15) is 11.2 Å². The van der Waals surface area contributed by atoms with Gasteiger partial charge in [0.2, 0.25) is 0 Å². The monoisotopic (exact) mass is 1120 g/mol. The van der Waals surface area contributed by atoms with Crippen LogP contribution in [0.15, 0.2) is 217 Å². The molecule has 0 bridgehead atoms. The van der Waals surface area contributed by atoms with Crippen LogP contribution in [0.4, 0.5) is 17.1 Å². The molecular weight excluding hydrogens is 1020 g/mol. The van der Waals surface area contributed by atoms with Crippen LogP contribution in [0.5, 0.6) is 0 Å². The van der Waals surface area contributed by atoms with Crippen LogP contribution in [0.25, 0.3) is 55.3 Å². The summed E-state index contributed by atoms with van der Waals surface area (Å²) in [5.74, 6) is 0. The standard InChI is InChI=1S/C22H22N2O.2C15H14.C13H10.8C2H6/c1-4-23(2)16-9-7-10-17(15-16)24(3)19-12-8-14-21-22(19)18-11-5-6-13-20(18)25-21;2*1-15(2)13-9-5-3-7-11(13)12-8-4-6-10-14(12)15;1-3-7-12-10(5-1)9-11-6-2-4-8-13(11)12;8*1-2/h5-15H,4H2,1-3H3;2*3-10H,1-2H3;1-8H,9H2;8*1-2H3. The Hall–Kier alpha value is -7.62. The Morgan fingerprint density at radius 2 is 0.667 bits per heavy atom. The Morgan fingerprint density at radius 3 is 1.07 bits per heavy atom. The molecule has 0 unspecified atom stereocenters. The predicted octanol–water partition coefficient (Wildman–Crippen LogP) is 25.3. The summed E-state index contributed by atoms with van der Waals surface area (Å²) >= 11 is 0. The predicted molar refractivity (Wildman–Crippen MR) is 381 cm³/mol. The molecule has 0 spiro atoms. The highest BCUT2D eigenvalue weighted by Crippen LogP contribution is 2.49. The molecule has 0 saturated heterocycles. The van der Waals surface area contributed by atoms with E-state index in [4.69, 9.17) is 4.42 Å². The van der Waals surface area contributed by atoms with Gasteiger partial charge in [-0.2, -0.15) is 0 Å². The molecule has 3 nitrogen and oxygen atoms in total. The maximum Gasteiger partial charge on any atom is 0.137 e. The fourth-order valence-electron chi connectivity index (χ4n) is 10.7. The van der Waals surface area contributed by atoms with Gasteiger partial charge in [-0.05, 0) is 117 Å². The summed E-state index contributed by atoms with van der Waals surface area (Å²) in [4.78, 5) is 4.47. The van der Waals surface area contributed by atoms with Crippen molar-refractivity contribution >= 4 is 39.0 Å². The Labute approximate surface area is 512 Å². The van der Waals surface area contributed by atoms with Gasteiger partial charge in [0.25, 0.3) is 0 Å². The zero-order valence-electron chi connectivity index (χ0n) is 56.4. The van der Waals surface area contributed by atoms with Gasteiger partial charge in [0.05, 0.1) is 11.1 Å². The summed E-state index contributed by atoms with van der Waals surface area (Å²) in [6.45, 7) is 44.4. The van der Waals surface area contributed by atoms with Crippen LogP contribution in [-0.4, -0.2) is 20.6 Å². The zero-order valence-corrected chi connectivity index (χ0v) is 56.4. The van der Waals surface area contributed by atoms with Crippen LogP contribution in [0.2, 0.25) is 0 Å². The first-order chi connectivity index (χ1) is 41.1. The van der Waals surface area contributed by atoms with Crippen LogP contribution in [0.1, 0.15) is 179 Å². The average molecular weight is 1130 g/mol. The molecular formula is C81H108N2O. The van der Waals surface area contributed by atoms with E-state index in [1.165, 1.54) is 72.4 Å².